The molecule has 1 aromatic rings. The van der Waals surface area contributed by atoms with Gasteiger partial charge in [-0.25, -0.2) is 0 Å². The van der Waals surface area contributed by atoms with E-state index in [-0.39, 0.29) is 12.5 Å². The van der Waals surface area contributed by atoms with E-state index in [0.717, 1.165) is 17.0 Å². The quantitative estimate of drug-likeness (QED) is 0.831. The molecule has 0 fully saturated rings. The molecule has 0 spiro atoms. The van der Waals surface area contributed by atoms with Crippen molar-refractivity contribution >= 4 is 11.6 Å². The summed E-state index contributed by atoms with van der Waals surface area (Å²) in [5, 5.41) is 10.1. The van der Waals surface area contributed by atoms with Crippen molar-refractivity contribution in [1.29, 1.82) is 0 Å². The maximum absolute atomic E-state index is 9.37. The van der Waals surface area contributed by atoms with Gasteiger partial charge in [0.25, 0.3) is 0 Å². The largest absolute Gasteiger partial charge is 0.396 e. The molecule has 2 atom stereocenters. The minimum absolute atomic E-state index is 0.178. The lowest BCUT2D eigenvalue weighted by Crippen LogP contribution is -2.22. The van der Waals surface area contributed by atoms with Gasteiger partial charge in [-0.1, -0.05) is 30.7 Å². The molecule has 0 aliphatic heterocycles. The number of methoxy groups -OCH3 is 1. The topological polar surface area (TPSA) is 29.5 Å². The molecule has 3 heteroatoms. The second kappa shape index (κ2) is 6.89. The van der Waals surface area contributed by atoms with Crippen LogP contribution in [0.5, 0.6) is 0 Å². The van der Waals surface area contributed by atoms with E-state index in [1.165, 1.54) is 0 Å². The van der Waals surface area contributed by atoms with E-state index in [9.17, 15) is 5.11 Å². The van der Waals surface area contributed by atoms with Gasteiger partial charge in [0.05, 0.1) is 0 Å². The molecule has 0 radical (unpaired) electrons. The van der Waals surface area contributed by atoms with E-state index < -0.39 is 0 Å². The van der Waals surface area contributed by atoms with Crippen LogP contribution in [-0.4, -0.2) is 25.4 Å². The molecule has 2 nitrogen and oxygen atoms in total. The summed E-state index contributed by atoms with van der Waals surface area (Å²) in [6.07, 6.45) is 0.835. The molecule has 0 saturated heterocycles. The number of benzene rings is 1. The van der Waals surface area contributed by atoms with E-state index in [2.05, 4.69) is 6.92 Å². The molecular weight excluding hydrogens is 224 g/mol. The highest BCUT2D eigenvalue weighted by Crippen LogP contribution is 2.19. The molecule has 1 rings (SSSR count). The van der Waals surface area contributed by atoms with Gasteiger partial charge in [-0.3, -0.25) is 0 Å². The zero-order chi connectivity index (χ0) is 12.0. The van der Waals surface area contributed by atoms with E-state index in [1.807, 2.05) is 24.3 Å². The van der Waals surface area contributed by atoms with Gasteiger partial charge in [0.2, 0.25) is 0 Å². The van der Waals surface area contributed by atoms with Crippen LogP contribution in [0.1, 0.15) is 12.5 Å². The fourth-order valence-corrected chi connectivity index (χ4v) is 2.02. The Hall–Kier alpha value is -0.570. The minimum atomic E-state index is 0.178. The first-order valence-electron chi connectivity index (χ1n) is 5.51. The summed E-state index contributed by atoms with van der Waals surface area (Å²) in [4.78, 5) is 0. The molecule has 2 unspecified atom stereocenters. The Balaban J connectivity index is 2.62. The standard InChI is InChI=1S/C13H19ClO2/c1-10(9-16-2)12(8-15)6-11-4-3-5-13(14)7-11/h3-5,7,10,12,15H,6,8-9H2,1-2H3. The monoisotopic (exact) mass is 242 g/mol. The van der Waals surface area contributed by atoms with Crippen LogP contribution in [0.2, 0.25) is 5.02 Å². The second-order valence-electron chi connectivity index (χ2n) is 4.21. The average molecular weight is 243 g/mol. The number of ether oxygens (including phenoxy) is 1. The summed E-state index contributed by atoms with van der Waals surface area (Å²) < 4.78 is 5.11. The maximum Gasteiger partial charge on any atom is 0.0491 e. The van der Waals surface area contributed by atoms with Crippen molar-refractivity contribution < 1.29 is 9.84 Å². The molecule has 0 saturated carbocycles. The Labute approximate surface area is 102 Å². The van der Waals surface area contributed by atoms with Crippen LogP contribution in [0.3, 0.4) is 0 Å². The van der Waals surface area contributed by atoms with Crippen LogP contribution in [0.25, 0.3) is 0 Å². The smallest absolute Gasteiger partial charge is 0.0491 e. The predicted molar refractivity (Wildman–Crippen MR) is 66.8 cm³/mol. The van der Waals surface area contributed by atoms with E-state index in [1.54, 1.807) is 7.11 Å². The average Bonchev–Trinajstić information content (AvgIpc) is 2.26. The number of aliphatic hydroxyl groups is 1. The first kappa shape index (κ1) is 13.5. The summed E-state index contributed by atoms with van der Waals surface area (Å²) in [5.74, 6) is 0.562. The fourth-order valence-electron chi connectivity index (χ4n) is 1.81. The summed E-state index contributed by atoms with van der Waals surface area (Å²) in [6, 6.07) is 7.78. The Kier molecular flexibility index (Phi) is 5.81. The van der Waals surface area contributed by atoms with Gasteiger partial charge in [-0.05, 0) is 36.0 Å². The van der Waals surface area contributed by atoms with Crippen molar-refractivity contribution in [1.82, 2.24) is 0 Å². The first-order valence-corrected chi connectivity index (χ1v) is 5.89. The van der Waals surface area contributed by atoms with Crippen molar-refractivity contribution in [3.05, 3.63) is 34.9 Å². The molecule has 0 bridgehead atoms. The van der Waals surface area contributed by atoms with Crippen molar-refractivity contribution in [2.24, 2.45) is 11.8 Å². The van der Waals surface area contributed by atoms with Gasteiger partial charge in [0.15, 0.2) is 0 Å². The SMILES string of the molecule is COCC(C)C(CO)Cc1cccc(Cl)c1. The Morgan fingerprint density at radius 1 is 1.44 bits per heavy atom. The van der Waals surface area contributed by atoms with Crippen LogP contribution >= 0.6 is 11.6 Å². The van der Waals surface area contributed by atoms with Crippen LogP contribution < -0.4 is 0 Å². The molecule has 1 N–H and O–H groups in total. The van der Waals surface area contributed by atoms with Crippen LogP contribution in [0, 0.1) is 11.8 Å². The van der Waals surface area contributed by atoms with Crippen molar-refractivity contribution in [3.8, 4) is 0 Å². The predicted octanol–water partition coefficient (Wildman–Crippen LogP) is 2.77. The second-order valence-corrected chi connectivity index (χ2v) is 4.65. The molecule has 0 aliphatic rings. The molecule has 1 aromatic carbocycles. The summed E-state index contributed by atoms with van der Waals surface area (Å²) in [5.41, 5.74) is 1.16. The lowest BCUT2D eigenvalue weighted by molar-refractivity contribution is 0.0983. The number of hydrogen-bond acceptors (Lipinski definition) is 2. The third kappa shape index (κ3) is 4.12. The molecule has 0 aliphatic carbocycles. The molecular formula is C13H19ClO2. The van der Waals surface area contributed by atoms with Gasteiger partial charge in [-0.15, -0.1) is 0 Å². The van der Waals surface area contributed by atoms with E-state index >= 15 is 0 Å². The van der Waals surface area contributed by atoms with Gasteiger partial charge in [0, 0.05) is 25.3 Å². The Morgan fingerprint density at radius 2 is 2.19 bits per heavy atom. The third-order valence-corrected chi connectivity index (χ3v) is 3.09. The highest BCUT2D eigenvalue weighted by Gasteiger charge is 2.16. The van der Waals surface area contributed by atoms with Crippen LogP contribution in [-0.2, 0) is 11.2 Å². The minimum Gasteiger partial charge on any atom is -0.396 e. The summed E-state index contributed by atoms with van der Waals surface area (Å²) in [6.45, 7) is 2.94. The van der Waals surface area contributed by atoms with Crippen molar-refractivity contribution in [2.75, 3.05) is 20.3 Å². The molecule has 0 amide bonds. The molecule has 0 aromatic heterocycles. The fraction of sp³-hybridized carbons (Fsp3) is 0.538. The Morgan fingerprint density at radius 3 is 2.75 bits per heavy atom. The van der Waals surface area contributed by atoms with Crippen LogP contribution in [0.15, 0.2) is 24.3 Å². The number of aliphatic hydroxyl groups excluding tert-OH is 1. The first-order chi connectivity index (χ1) is 7.67. The third-order valence-electron chi connectivity index (χ3n) is 2.86. The lowest BCUT2D eigenvalue weighted by atomic mass is 9.89. The van der Waals surface area contributed by atoms with Gasteiger partial charge in [-0.2, -0.15) is 0 Å². The van der Waals surface area contributed by atoms with Gasteiger partial charge in [0.1, 0.15) is 0 Å². The lowest BCUT2D eigenvalue weighted by Gasteiger charge is -2.21. The highest BCUT2D eigenvalue weighted by atomic mass is 35.5. The van der Waals surface area contributed by atoms with Gasteiger partial charge < -0.3 is 9.84 Å². The zero-order valence-electron chi connectivity index (χ0n) is 9.82. The normalized spacial score (nSPS) is 14.8. The van der Waals surface area contributed by atoms with Gasteiger partial charge >= 0.3 is 0 Å². The number of rotatable bonds is 6. The number of hydrogen-bond donors (Lipinski definition) is 1. The zero-order valence-corrected chi connectivity index (χ0v) is 10.6. The summed E-state index contributed by atoms with van der Waals surface area (Å²) >= 11 is 5.93. The molecule has 16 heavy (non-hydrogen) atoms. The van der Waals surface area contributed by atoms with Crippen molar-refractivity contribution in [2.45, 2.75) is 13.3 Å². The molecule has 0 heterocycles. The van der Waals surface area contributed by atoms with Crippen molar-refractivity contribution in [3.63, 3.8) is 0 Å². The Bertz CT molecular complexity index is 315. The maximum atomic E-state index is 9.37. The van der Waals surface area contributed by atoms with E-state index in [4.69, 9.17) is 16.3 Å². The highest BCUT2D eigenvalue weighted by molar-refractivity contribution is 6.30. The van der Waals surface area contributed by atoms with Crippen LogP contribution in [0.4, 0.5) is 0 Å². The number of halogens is 1. The molecule has 90 valence electrons. The van der Waals surface area contributed by atoms with E-state index in [0.29, 0.717) is 12.5 Å². The summed E-state index contributed by atoms with van der Waals surface area (Å²) in [7, 11) is 1.68.